The first kappa shape index (κ1) is 12.8. The Morgan fingerprint density at radius 2 is 1.00 bits per heavy atom. The standard InChI is InChI=1S/C10H2O6/c11-1-3-13-5-7-15-9-10-16-8-6-14-4-2-12/h3-4H. The van der Waals surface area contributed by atoms with E-state index in [1.54, 1.807) is 0 Å². The van der Waals surface area contributed by atoms with Crippen molar-refractivity contribution in [1.82, 2.24) is 0 Å². The minimum absolute atomic E-state index is 0.698. The fourth-order valence-electron chi connectivity index (χ4n) is 0.290. The van der Waals surface area contributed by atoms with E-state index < -0.39 is 0 Å². The van der Waals surface area contributed by atoms with E-state index in [1.807, 2.05) is 36.6 Å². The average molecular weight is 218 g/mol. The van der Waals surface area contributed by atoms with Gasteiger partial charge in [0.05, 0.1) is 0 Å². The number of carbonyl (C=O) groups excluding carboxylic acids is 2. The lowest BCUT2D eigenvalue weighted by atomic mass is 11.0. The minimum Gasteiger partial charge on any atom is -0.401 e. The van der Waals surface area contributed by atoms with Crippen LogP contribution < -0.4 is 0 Å². The molecule has 0 amide bonds. The minimum atomic E-state index is 0.698. The zero-order chi connectivity index (χ0) is 11.9. The molecule has 0 fully saturated rings. The van der Waals surface area contributed by atoms with Gasteiger partial charge in [-0.2, -0.15) is 0 Å². The van der Waals surface area contributed by atoms with Crippen molar-refractivity contribution < 1.29 is 28.5 Å². The Hall–Kier alpha value is -3.22. The van der Waals surface area contributed by atoms with Crippen molar-refractivity contribution in [2.45, 2.75) is 0 Å². The van der Waals surface area contributed by atoms with Crippen LogP contribution in [0.2, 0.25) is 0 Å². The molecule has 0 saturated carbocycles. The van der Waals surface area contributed by atoms with Gasteiger partial charge in [-0.1, -0.05) is 0 Å². The maximum Gasteiger partial charge on any atom is 0.187 e. The van der Waals surface area contributed by atoms with Crippen LogP contribution in [0, 0.1) is 36.6 Å². The van der Waals surface area contributed by atoms with Crippen LogP contribution in [0.5, 0.6) is 0 Å². The van der Waals surface area contributed by atoms with Crippen molar-refractivity contribution in [2.75, 3.05) is 0 Å². The van der Waals surface area contributed by atoms with Crippen molar-refractivity contribution in [3.8, 4) is 36.6 Å². The number of hydrogen-bond donors (Lipinski definition) is 0. The third-order valence-corrected chi connectivity index (χ3v) is 0.661. The molecule has 0 aliphatic carbocycles. The molecule has 0 bridgehead atoms. The quantitative estimate of drug-likeness (QED) is 0.353. The summed E-state index contributed by atoms with van der Waals surface area (Å²) in [5.41, 5.74) is 0. The van der Waals surface area contributed by atoms with E-state index in [4.69, 9.17) is 0 Å². The highest BCUT2D eigenvalue weighted by Crippen LogP contribution is 1.70. The highest BCUT2D eigenvalue weighted by atomic mass is 16.5. The van der Waals surface area contributed by atoms with E-state index in [9.17, 15) is 9.59 Å². The van der Waals surface area contributed by atoms with Crippen LogP contribution in [0.25, 0.3) is 0 Å². The highest BCUT2D eigenvalue weighted by molar-refractivity contribution is 5.42. The molecule has 0 heterocycles. The van der Waals surface area contributed by atoms with Crippen LogP contribution in [0.1, 0.15) is 0 Å². The van der Waals surface area contributed by atoms with Crippen molar-refractivity contribution in [3.05, 3.63) is 12.5 Å². The smallest absolute Gasteiger partial charge is 0.187 e. The molecule has 0 radical (unpaired) electrons. The lowest BCUT2D eigenvalue weighted by Crippen LogP contribution is -1.73. The highest BCUT2D eigenvalue weighted by Gasteiger charge is 1.70. The first-order valence-electron chi connectivity index (χ1n) is 3.43. The molecule has 6 heteroatoms. The van der Waals surface area contributed by atoms with Gasteiger partial charge in [-0.15, -0.1) is 0 Å². The van der Waals surface area contributed by atoms with Gasteiger partial charge in [-0.25, -0.2) is 9.59 Å². The third kappa shape index (κ3) is 10.8. The number of hydrogen-bond acceptors (Lipinski definition) is 6. The normalized spacial score (nSPS) is 5.25. The average Bonchev–Trinajstić information content (AvgIpc) is 2.31. The van der Waals surface area contributed by atoms with Gasteiger partial charge in [0.1, 0.15) is 0 Å². The molecule has 0 aliphatic rings. The molecular formula is C10H2O6. The molecule has 0 rings (SSSR count). The Kier molecular flexibility index (Phi) is 9.41. The van der Waals surface area contributed by atoms with Gasteiger partial charge < -0.3 is 18.9 Å². The third-order valence-electron chi connectivity index (χ3n) is 0.661. The second kappa shape index (κ2) is 11.8. The Morgan fingerprint density at radius 3 is 1.38 bits per heavy atom. The van der Waals surface area contributed by atoms with Crippen LogP contribution in [0.3, 0.4) is 0 Å². The largest absolute Gasteiger partial charge is 0.401 e. The predicted molar refractivity (Wildman–Crippen MR) is 48.2 cm³/mol. The van der Waals surface area contributed by atoms with Crippen LogP contribution >= 0.6 is 0 Å². The Bertz CT molecular complexity index is 431. The lowest BCUT2D eigenvalue weighted by Gasteiger charge is -1.78. The summed E-state index contributed by atoms with van der Waals surface area (Å²) >= 11 is 0. The van der Waals surface area contributed by atoms with Gasteiger partial charge in [-0.05, 0) is 0 Å². The van der Waals surface area contributed by atoms with E-state index in [1.165, 1.54) is 11.9 Å². The topological polar surface area (TPSA) is 71.1 Å². The van der Waals surface area contributed by atoms with Gasteiger partial charge in [0.15, 0.2) is 61.0 Å². The van der Waals surface area contributed by atoms with Crippen molar-refractivity contribution in [1.29, 1.82) is 0 Å². The van der Waals surface area contributed by atoms with E-state index in [-0.39, 0.29) is 0 Å². The molecule has 0 aromatic heterocycles. The van der Waals surface area contributed by atoms with Crippen LogP contribution in [-0.4, -0.2) is 11.9 Å². The van der Waals surface area contributed by atoms with E-state index >= 15 is 0 Å². The maximum absolute atomic E-state index is 9.57. The second-order valence-corrected chi connectivity index (χ2v) is 1.52. The Morgan fingerprint density at radius 1 is 0.625 bits per heavy atom. The van der Waals surface area contributed by atoms with Crippen molar-refractivity contribution in [3.63, 3.8) is 0 Å². The van der Waals surface area contributed by atoms with Crippen LogP contribution in [0.4, 0.5) is 0 Å². The van der Waals surface area contributed by atoms with Crippen molar-refractivity contribution >= 4 is 11.9 Å². The summed E-state index contributed by atoms with van der Waals surface area (Å²) < 4.78 is 17.1. The van der Waals surface area contributed by atoms with E-state index in [0.717, 1.165) is 0 Å². The summed E-state index contributed by atoms with van der Waals surface area (Å²) in [6.45, 7) is 0. The second-order valence-electron chi connectivity index (χ2n) is 1.52. The molecular weight excluding hydrogens is 216 g/mol. The number of rotatable bonds is 2. The predicted octanol–water partition coefficient (Wildman–Crippen LogP) is -0.501. The fourth-order valence-corrected chi connectivity index (χ4v) is 0.290. The summed E-state index contributed by atoms with van der Waals surface area (Å²) in [5.74, 6) is 2.65. The Balaban J connectivity index is 3.67. The molecule has 0 aliphatic heterocycles. The number of ether oxygens (including phenoxy) is 4. The first-order chi connectivity index (χ1) is 7.91. The first-order valence-corrected chi connectivity index (χ1v) is 3.43. The SMILES string of the molecule is O=C=COC#COC#COC#COC=C=O. The molecule has 0 aromatic rings. The summed E-state index contributed by atoms with van der Waals surface area (Å²) in [7, 11) is 0. The fraction of sp³-hybridized carbons (Fsp3) is 0. The summed E-state index contributed by atoms with van der Waals surface area (Å²) in [5, 5.41) is 0. The van der Waals surface area contributed by atoms with Gasteiger partial charge in [0.2, 0.25) is 0 Å². The molecule has 0 unspecified atom stereocenters. The summed E-state index contributed by atoms with van der Waals surface area (Å²) in [6, 6.07) is 0. The molecule has 78 valence electrons. The van der Waals surface area contributed by atoms with Gasteiger partial charge >= 0.3 is 0 Å². The maximum atomic E-state index is 9.57. The molecule has 0 saturated heterocycles. The van der Waals surface area contributed by atoms with Gasteiger partial charge in [0, 0.05) is 0 Å². The van der Waals surface area contributed by atoms with Gasteiger partial charge in [-0.3, -0.25) is 0 Å². The lowest BCUT2D eigenvalue weighted by molar-refractivity contribution is 0.400. The monoisotopic (exact) mass is 218 g/mol. The molecule has 0 atom stereocenters. The Labute approximate surface area is 90.4 Å². The molecule has 16 heavy (non-hydrogen) atoms. The molecule has 0 N–H and O–H groups in total. The van der Waals surface area contributed by atoms with E-state index in [0.29, 0.717) is 12.5 Å². The zero-order valence-electron chi connectivity index (χ0n) is 7.60. The summed E-state index contributed by atoms with van der Waals surface area (Å²) in [6.07, 6.45) is 13.1. The van der Waals surface area contributed by atoms with Crippen molar-refractivity contribution in [2.24, 2.45) is 0 Å². The van der Waals surface area contributed by atoms with Crippen LogP contribution in [0.15, 0.2) is 12.5 Å². The van der Waals surface area contributed by atoms with Crippen LogP contribution in [-0.2, 0) is 28.5 Å². The molecule has 6 nitrogen and oxygen atoms in total. The zero-order valence-corrected chi connectivity index (χ0v) is 7.60. The molecule has 0 spiro atoms. The van der Waals surface area contributed by atoms with Gasteiger partial charge in [0.25, 0.3) is 0 Å². The van der Waals surface area contributed by atoms with E-state index in [2.05, 4.69) is 18.9 Å². The summed E-state index contributed by atoms with van der Waals surface area (Å²) in [4.78, 5) is 19.1. The molecule has 0 aromatic carbocycles.